The normalized spacial score (nSPS) is 19.0. The van der Waals surface area contributed by atoms with Gasteiger partial charge in [-0.15, -0.1) is 0 Å². The second-order valence-electron chi connectivity index (χ2n) is 5.23. The van der Waals surface area contributed by atoms with Crippen molar-refractivity contribution in [3.05, 3.63) is 0 Å². The Morgan fingerprint density at radius 1 is 1.06 bits per heavy atom. The Balaban J connectivity index is 1.88. The minimum Gasteiger partial charge on any atom is -0.382 e. The highest BCUT2D eigenvalue weighted by Crippen LogP contribution is 2.22. The molecule has 0 aromatic carbocycles. The van der Waals surface area contributed by atoms with Crippen molar-refractivity contribution >= 4 is 0 Å². The highest BCUT2D eigenvalue weighted by Gasteiger charge is 2.12. The van der Waals surface area contributed by atoms with Crippen LogP contribution in [0.3, 0.4) is 0 Å². The lowest BCUT2D eigenvalue weighted by atomic mass is 9.89. The average Bonchev–Trinajstić information content (AvgIpc) is 2.42. The highest BCUT2D eigenvalue weighted by molar-refractivity contribution is 4.68. The third-order valence-electron chi connectivity index (χ3n) is 3.69. The first-order chi connectivity index (χ1) is 8.86. The molecule has 0 aromatic heterocycles. The molecule has 1 atom stereocenters. The molecule has 18 heavy (non-hydrogen) atoms. The van der Waals surface area contributed by atoms with E-state index < -0.39 is 0 Å². The Hall–Kier alpha value is -0.160. The topological polar surface area (TPSA) is 42.5 Å². The van der Waals surface area contributed by atoms with Gasteiger partial charge in [-0.3, -0.25) is 0 Å². The quantitative estimate of drug-likeness (QED) is 0.581. The summed E-state index contributed by atoms with van der Waals surface area (Å²) >= 11 is 0. The van der Waals surface area contributed by atoms with Crippen molar-refractivity contribution in [1.29, 1.82) is 0 Å². The van der Waals surface area contributed by atoms with E-state index in [0.717, 1.165) is 25.6 Å². The van der Waals surface area contributed by atoms with Crippen LogP contribution < -0.4 is 10.6 Å². The molecule has 0 spiro atoms. The Morgan fingerprint density at radius 3 is 2.44 bits per heavy atom. The van der Waals surface area contributed by atoms with E-state index >= 15 is 0 Å². The van der Waals surface area contributed by atoms with E-state index in [1.807, 2.05) is 0 Å². The first kappa shape index (κ1) is 15.9. The van der Waals surface area contributed by atoms with Gasteiger partial charge in [0.05, 0.1) is 12.7 Å². The number of ether oxygens (including phenoxy) is 2. The van der Waals surface area contributed by atoms with E-state index in [-0.39, 0.29) is 6.10 Å². The lowest BCUT2D eigenvalue weighted by molar-refractivity contribution is 0.0291. The van der Waals surface area contributed by atoms with Gasteiger partial charge in [-0.2, -0.15) is 0 Å². The smallest absolute Gasteiger partial charge is 0.0928 e. The van der Waals surface area contributed by atoms with Crippen LogP contribution in [0.2, 0.25) is 0 Å². The Bertz CT molecular complexity index is 176. The molecule has 0 saturated heterocycles. The van der Waals surface area contributed by atoms with Gasteiger partial charge in [0.25, 0.3) is 0 Å². The van der Waals surface area contributed by atoms with Crippen LogP contribution in [0.15, 0.2) is 0 Å². The first-order valence-corrected chi connectivity index (χ1v) is 7.30. The molecule has 0 aliphatic heterocycles. The SMILES string of the molecule is COCC(CNCCNCC1CCCCC1)OC. The van der Waals surface area contributed by atoms with Crippen molar-refractivity contribution in [2.45, 2.75) is 38.2 Å². The van der Waals surface area contributed by atoms with E-state index in [4.69, 9.17) is 9.47 Å². The predicted molar refractivity (Wildman–Crippen MR) is 75.0 cm³/mol. The minimum atomic E-state index is 0.161. The van der Waals surface area contributed by atoms with E-state index in [1.54, 1.807) is 14.2 Å². The van der Waals surface area contributed by atoms with Crippen molar-refractivity contribution < 1.29 is 9.47 Å². The second-order valence-corrected chi connectivity index (χ2v) is 5.23. The highest BCUT2D eigenvalue weighted by atomic mass is 16.5. The first-order valence-electron chi connectivity index (χ1n) is 7.30. The van der Waals surface area contributed by atoms with E-state index in [0.29, 0.717) is 6.61 Å². The molecule has 1 rings (SSSR count). The molecule has 0 aromatic rings. The summed E-state index contributed by atoms with van der Waals surface area (Å²) in [5.41, 5.74) is 0. The summed E-state index contributed by atoms with van der Waals surface area (Å²) in [7, 11) is 3.43. The molecule has 0 heterocycles. The van der Waals surface area contributed by atoms with Gasteiger partial charge >= 0.3 is 0 Å². The Morgan fingerprint density at radius 2 is 1.78 bits per heavy atom. The molecule has 4 nitrogen and oxygen atoms in total. The monoisotopic (exact) mass is 258 g/mol. The van der Waals surface area contributed by atoms with Crippen LogP contribution in [0.1, 0.15) is 32.1 Å². The van der Waals surface area contributed by atoms with E-state index in [1.165, 1.54) is 38.6 Å². The van der Waals surface area contributed by atoms with Crippen molar-refractivity contribution in [2.75, 3.05) is 47.0 Å². The van der Waals surface area contributed by atoms with Crippen LogP contribution in [0, 0.1) is 5.92 Å². The van der Waals surface area contributed by atoms with Crippen molar-refractivity contribution in [3.63, 3.8) is 0 Å². The van der Waals surface area contributed by atoms with Gasteiger partial charge in [0, 0.05) is 33.9 Å². The van der Waals surface area contributed by atoms with Crippen molar-refractivity contribution in [1.82, 2.24) is 10.6 Å². The summed E-state index contributed by atoms with van der Waals surface area (Å²) in [6.07, 6.45) is 7.29. The van der Waals surface area contributed by atoms with Gasteiger partial charge in [-0.25, -0.2) is 0 Å². The molecule has 4 heteroatoms. The maximum absolute atomic E-state index is 5.28. The largest absolute Gasteiger partial charge is 0.382 e. The zero-order valence-electron chi connectivity index (χ0n) is 12.0. The fourth-order valence-corrected chi connectivity index (χ4v) is 2.53. The zero-order valence-corrected chi connectivity index (χ0v) is 12.0. The Labute approximate surface area is 112 Å². The molecule has 1 aliphatic rings. The predicted octanol–water partition coefficient (Wildman–Crippen LogP) is 1.41. The molecule has 0 bridgehead atoms. The van der Waals surface area contributed by atoms with Crippen LogP contribution in [-0.2, 0) is 9.47 Å². The van der Waals surface area contributed by atoms with Gasteiger partial charge in [-0.05, 0) is 25.3 Å². The lowest BCUT2D eigenvalue weighted by Gasteiger charge is -2.22. The fourth-order valence-electron chi connectivity index (χ4n) is 2.53. The fraction of sp³-hybridized carbons (Fsp3) is 1.00. The summed E-state index contributed by atoms with van der Waals surface area (Å²) in [5, 5.41) is 6.94. The van der Waals surface area contributed by atoms with Crippen molar-refractivity contribution in [2.24, 2.45) is 5.92 Å². The lowest BCUT2D eigenvalue weighted by Crippen LogP contribution is -2.36. The average molecular weight is 258 g/mol. The molecule has 108 valence electrons. The standard InChI is InChI=1S/C14H30N2O2/c1-17-12-14(18-2)11-16-9-8-15-10-13-6-4-3-5-7-13/h13-16H,3-12H2,1-2H3. The van der Waals surface area contributed by atoms with Gasteiger partial charge in [0.1, 0.15) is 0 Å². The van der Waals surface area contributed by atoms with Crippen LogP contribution in [-0.4, -0.2) is 53.1 Å². The summed E-state index contributed by atoms with van der Waals surface area (Å²) in [6.45, 7) is 4.73. The number of methoxy groups -OCH3 is 2. The summed E-state index contributed by atoms with van der Waals surface area (Å²) in [4.78, 5) is 0. The van der Waals surface area contributed by atoms with Gasteiger partial charge in [0.2, 0.25) is 0 Å². The maximum atomic E-state index is 5.28. The molecule has 1 fully saturated rings. The zero-order chi connectivity index (χ0) is 13.1. The van der Waals surface area contributed by atoms with E-state index in [9.17, 15) is 0 Å². The molecule has 0 amide bonds. The van der Waals surface area contributed by atoms with Gasteiger partial charge in [0.15, 0.2) is 0 Å². The molecule has 0 radical (unpaired) electrons. The molecule has 1 unspecified atom stereocenters. The number of hydrogen-bond acceptors (Lipinski definition) is 4. The maximum Gasteiger partial charge on any atom is 0.0928 e. The molecule has 1 aliphatic carbocycles. The molecule has 1 saturated carbocycles. The van der Waals surface area contributed by atoms with Gasteiger partial charge in [-0.1, -0.05) is 19.3 Å². The third kappa shape index (κ3) is 7.31. The van der Waals surface area contributed by atoms with Crippen LogP contribution in [0.25, 0.3) is 0 Å². The van der Waals surface area contributed by atoms with E-state index in [2.05, 4.69) is 10.6 Å². The van der Waals surface area contributed by atoms with Crippen LogP contribution in [0.4, 0.5) is 0 Å². The number of nitrogens with one attached hydrogen (secondary N) is 2. The minimum absolute atomic E-state index is 0.161. The number of hydrogen-bond donors (Lipinski definition) is 2. The summed E-state index contributed by atoms with van der Waals surface area (Å²) < 4.78 is 10.4. The number of rotatable bonds is 10. The molecule has 2 N–H and O–H groups in total. The summed E-state index contributed by atoms with van der Waals surface area (Å²) in [5.74, 6) is 0.916. The van der Waals surface area contributed by atoms with Crippen molar-refractivity contribution in [3.8, 4) is 0 Å². The summed E-state index contributed by atoms with van der Waals surface area (Å²) in [6, 6.07) is 0. The van der Waals surface area contributed by atoms with Crippen LogP contribution >= 0.6 is 0 Å². The van der Waals surface area contributed by atoms with Crippen LogP contribution in [0.5, 0.6) is 0 Å². The molecular weight excluding hydrogens is 228 g/mol. The second kappa shape index (κ2) is 10.7. The third-order valence-corrected chi connectivity index (χ3v) is 3.69. The Kier molecular flexibility index (Phi) is 9.48. The molecular formula is C14H30N2O2. The van der Waals surface area contributed by atoms with Gasteiger partial charge < -0.3 is 20.1 Å².